The zero-order chi connectivity index (χ0) is 12.3. The molecule has 15 heavy (non-hydrogen) atoms. The van der Waals surface area contributed by atoms with Crippen molar-refractivity contribution in [2.45, 2.75) is 67.3 Å². The lowest BCUT2D eigenvalue weighted by Gasteiger charge is -2.44. The van der Waals surface area contributed by atoms with Crippen LogP contribution in [0.3, 0.4) is 0 Å². The van der Waals surface area contributed by atoms with E-state index in [0.717, 1.165) is 19.0 Å². The average Bonchev–Trinajstić information content (AvgIpc) is 2.03. The van der Waals surface area contributed by atoms with Crippen LogP contribution in [0, 0.1) is 11.3 Å². The third-order valence-electron chi connectivity index (χ3n) is 4.07. The average molecular weight is 213 g/mol. The first-order chi connectivity index (χ1) is 6.67. The van der Waals surface area contributed by atoms with Crippen molar-refractivity contribution in [3.8, 4) is 0 Å². The highest BCUT2D eigenvalue weighted by Gasteiger charge is 2.33. The lowest BCUT2D eigenvalue weighted by atomic mass is 9.72. The molecule has 0 radical (unpaired) electrons. The van der Waals surface area contributed by atoms with Crippen molar-refractivity contribution in [3.63, 3.8) is 0 Å². The maximum Gasteiger partial charge on any atom is 0.0158 e. The third kappa shape index (κ3) is 4.14. The molecule has 0 fully saturated rings. The van der Waals surface area contributed by atoms with Gasteiger partial charge in [0.2, 0.25) is 0 Å². The van der Waals surface area contributed by atoms with Gasteiger partial charge in [0, 0.05) is 5.54 Å². The third-order valence-corrected chi connectivity index (χ3v) is 4.07. The molecule has 0 spiro atoms. The first kappa shape index (κ1) is 15.0. The van der Waals surface area contributed by atoms with Gasteiger partial charge in [0.05, 0.1) is 0 Å². The van der Waals surface area contributed by atoms with E-state index in [-0.39, 0.29) is 0 Å². The molecule has 0 saturated carbocycles. The van der Waals surface area contributed by atoms with Crippen LogP contribution in [0.25, 0.3) is 0 Å². The zero-order valence-corrected chi connectivity index (χ0v) is 12.1. The molecule has 0 saturated heterocycles. The summed E-state index contributed by atoms with van der Waals surface area (Å²) in [6.07, 6.45) is 1.26. The number of hydrogen-bond acceptors (Lipinski definition) is 1. The van der Waals surface area contributed by atoms with Gasteiger partial charge in [-0.1, -0.05) is 41.5 Å². The van der Waals surface area contributed by atoms with E-state index >= 15 is 0 Å². The van der Waals surface area contributed by atoms with Gasteiger partial charge in [-0.25, -0.2) is 0 Å². The maximum atomic E-state index is 2.57. The van der Waals surface area contributed by atoms with Crippen LogP contribution >= 0.6 is 0 Å². The van der Waals surface area contributed by atoms with E-state index in [1.165, 1.54) is 6.42 Å². The first-order valence-electron chi connectivity index (χ1n) is 6.42. The molecule has 0 aromatic rings. The van der Waals surface area contributed by atoms with Crippen LogP contribution in [0.1, 0.15) is 61.8 Å². The Morgan fingerprint density at radius 1 is 0.933 bits per heavy atom. The normalized spacial score (nSPS) is 14.0. The van der Waals surface area contributed by atoms with Crippen LogP contribution in [0.2, 0.25) is 0 Å². The molecule has 0 atom stereocenters. The van der Waals surface area contributed by atoms with Crippen molar-refractivity contribution in [2.75, 3.05) is 13.1 Å². The van der Waals surface area contributed by atoms with Gasteiger partial charge in [0.15, 0.2) is 0 Å². The molecule has 0 aliphatic heterocycles. The van der Waals surface area contributed by atoms with Crippen molar-refractivity contribution >= 4 is 0 Å². The highest BCUT2D eigenvalue weighted by Crippen LogP contribution is 2.37. The molecule has 0 bridgehead atoms. The highest BCUT2D eigenvalue weighted by molar-refractivity contribution is 4.88. The second kappa shape index (κ2) is 5.34. The molecular weight excluding hydrogens is 182 g/mol. The van der Waals surface area contributed by atoms with Crippen LogP contribution in [0.5, 0.6) is 0 Å². The van der Waals surface area contributed by atoms with Gasteiger partial charge in [-0.2, -0.15) is 0 Å². The molecule has 0 aromatic heterocycles. The van der Waals surface area contributed by atoms with Crippen LogP contribution in [-0.4, -0.2) is 23.5 Å². The Balaban J connectivity index is 4.61. The summed E-state index contributed by atoms with van der Waals surface area (Å²) in [4.78, 5) is 2.57. The Bertz CT molecular complexity index is 176. The predicted octanol–water partition coefficient (Wildman–Crippen LogP) is 4.18. The lowest BCUT2D eigenvalue weighted by Crippen LogP contribution is -2.47. The van der Waals surface area contributed by atoms with Crippen LogP contribution < -0.4 is 0 Å². The highest BCUT2D eigenvalue weighted by atomic mass is 15.2. The Hall–Kier alpha value is -0.0400. The van der Waals surface area contributed by atoms with Gasteiger partial charge >= 0.3 is 0 Å². The van der Waals surface area contributed by atoms with Crippen molar-refractivity contribution in [3.05, 3.63) is 0 Å². The minimum absolute atomic E-state index is 0.317. The van der Waals surface area contributed by atoms with Gasteiger partial charge in [0.25, 0.3) is 0 Å². The fourth-order valence-electron chi connectivity index (χ4n) is 2.51. The van der Waals surface area contributed by atoms with E-state index in [4.69, 9.17) is 0 Å². The van der Waals surface area contributed by atoms with Gasteiger partial charge in [-0.15, -0.1) is 0 Å². The molecule has 0 aromatic carbocycles. The summed E-state index contributed by atoms with van der Waals surface area (Å²) in [6, 6.07) is 0. The fraction of sp³-hybridized carbons (Fsp3) is 1.00. The van der Waals surface area contributed by atoms with Gasteiger partial charge in [-0.05, 0) is 44.7 Å². The van der Waals surface area contributed by atoms with Gasteiger partial charge < -0.3 is 0 Å². The summed E-state index contributed by atoms with van der Waals surface area (Å²) in [5.74, 6) is 0.743. The van der Waals surface area contributed by atoms with E-state index in [9.17, 15) is 0 Å². The van der Waals surface area contributed by atoms with Crippen LogP contribution in [-0.2, 0) is 0 Å². The van der Waals surface area contributed by atoms with E-state index in [1.807, 2.05) is 0 Å². The van der Waals surface area contributed by atoms with Gasteiger partial charge in [-0.3, -0.25) is 4.90 Å². The number of nitrogens with zero attached hydrogens (tertiary/aromatic N) is 1. The minimum Gasteiger partial charge on any atom is -0.299 e. The Morgan fingerprint density at radius 2 is 1.33 bits per heavy atom. The lowest BCUT2D eigenvalue weighted by molar-refractivity contribution is 0.0619. The molecule has 0 unspecified atom stereocenters. The van der Waals surface area contributed by atoms with Crippen molar-refractivity contribution in [1.82, 2.24) is 4.90 Å². The quantitative estimate of drug-likeness (QED) is 0.640. The SMILES string of the molecule is CCN(CC)C(C)(C)CC(C)(C)C(C)C. The molecule has 0 heterocycles. The topological polar surface area (TPSA) is 3.24 Å². The van der Waals surface area contributed by atoms with Crippen LogP contribution in [0.4, 0.5) is 0 Å². The van der Waals surface area contributed by atoms with Crippen molar-refractivity contribution in [2.24, 2.45) is 11.3 Å². The Kier molecular flexibility index (Phi) is 5.32. The monoisotopic (exact) mass is 213 g/mol. The van der Waals surface area contributed by atoms with Crippen molar-refractivity contribution < 1.29 is 0 Å². The molecule has 0 aliphatic carbocycles. The number of hydrogen-bond donors (Lipinski definition) is 0. The molecule has 1 nitrogen and oxygen atoms in total. The summed E-state index contributed by atoms with van der Waals surface area (Å²) >= 11 is 0. The zero-order valence-electron chi connectivity index (χ0n) is 12.1. The molecule has 0 amide bonds. The van der Waals surface area contributed by atoms with Gasteiger partial charge in [0.1, 0.15) is 0 Å². The van der Waals surface area contributed by atoms with E-state index < -0.39 is 0 Å². The summed E-state index contributed by atoms with van der Waals surface area (Å²) < 4.78 is 0. The summed E-state index contributed by atoms with van der Waals surface area (Å²) in [6.45, 7) is 21.0. The molecular formula is C14H31N. The Morgan fingerprint density at radius 3 is 1.60 bits per heavy atom. The second-order valence-electron chi connectivity index (χ2n) is 6.30. The molecule has 0 rings (SSSR count). The molecule has 92 valence electrons. The standard InChI is InChI=1S/C14H31N/c1-9-15(10-2)14(7,8)11-13(5,6)12(3)4/h12H,9-11H2,1-8H3. The minimum atomic E-state index is 0.317. The summed E-state index contributed by atoms with van der Waals surface area (Å²) in [7, 11) is 0. The molecule has 0 N–H and O–H groups in total. The van der Waals surface area contributed by atoms with E-state index in [2.05, 4.69) is 60.3 Å². The van der Waals surface area contributed by atoms with Crippen molar-refractivity contribution in [1.29, 1.82) is 0 Å². The molecule has 0 aliphatic rings. The predicted molar refractivity (Wildman–Crippen MR) is 70.2 cm³/mol. The summed E-state index contributed by atoms with van der Waals surface area (Å²) in [5, 5.41) is 0. The van der Waals surface area contributed by atoms with Crippen LogP contribution in [0.15, 0.2) is 0 Å². The van der Waals surface area contributed by atoms with E-state index in [1.54, 1.807) is 0 Å². The Labute approximate surface area is 97.2 Å². The molecule has 1 heteroatoms. The number of rotatable bonds is 6. The fourth-order valence-corrected chi connectivity index (χ4v) is 2.51. The maximum absolute atomic E-state index is 2.57. The van der Waals surface area contributed by atoms with E-state index in [0.29, 0.717) is 11.0 Å². The largest absolute Gasteiger partial charge is 0.299 e. The first-order valence-corrected chi connectivity index (χ1v) is 6.42. The second-order valence-corrected chi connectivity index (χ2v) is 6.30. The summed E-state index contributed by atoms with van der Waals surface area (Å²) in [5.41, 5.74) is 0.739. The smallest absolute Gasteiger partial charge is 0.0158 e.